The number of hydrogen-bond acceptors (Lipinski definition) is 5. The Bertz CT molecular complexity index is 530. The van der Waals surface area contributed by atoms with Gasteiger partial charge in [-0.05, 0) is 24.7 Å². The zero-order valence-electron chi connectivity index (χ0n) is 12.2. The lowest BCUT2D eigenvalue weighted by molar-refractivity contribution is 0.272. The first kappa shape index (κ1) is 13.2. The van der Waals surface area contributed by atoms with Gasteiger partial charge >= 0.3 is 0 Å². The van der Waals surface area contributed by atoms with Gasteiger partial charge < -0.3 is 19.8 Å². The molecule has 0 spiro atoms. The van der Waals surface area contributed by atoms with Gasteiger partial charge in [0.1, 0.15) is 0 Å². The minimum atomic E-state index is 0.229. The standard InChI is InChI=1S/C15H21N3O2/c1-18-7-6-12-11(9-18)15(17-16-12)10-4-5-13(19-2)14(8-10)20-3/h4-5,8,11,15,17H,6-7,9H2,1-3H3. The lowest BCUT2D eigenvalue weighted by Gasteiger charge is -2.31. The Morgan fingerprint density at radius 2 is 2.05 bits per heavy atom. The highest BCUT2D eigenvalue weighted by Crippen LogP contribution is 2.36. The van der Waals surface area contributed by atoms with Gasteiger partial charge in [-0.3, -0.25) is 0 Å². The first-order valence-corrected chi connectivity index (χ1v) is 6.95. The van der Waals surface area contributed by atoms with Crippen molar-refractivity contribution >= 4 is 5.71 Å². The molecular weight excluding hydrogens is 254 g/mol. The van der Waals surface area contributed by atoms with Crippen molar-refractivity contribution < 1.29 is 9.47 Å². The van der Waals surface area contributed by atoms with E-state index in [-0.39, 0.29) is 6.04 Å². The van der Waals surface area contributed by atoms with Crippen LogP contribution in [0.25, 0.3) is 0 Å². The van der Waals surface area contributed by atoms with Crippen LogP contribution in [0.2, 0.25) is 0 Å². The molecule has 0 aromatic heterocycles. The average molecular weight is 275 g/mol. The van der Waals surface area contributed by atoms with Crippen molar-refractivity contribution in [3.05, 3.63) is 23.8 Å². The van der Waals surface area contributed by atoms with Crippen LogP contribution < -0.4 is 14.9 Å². The Balaban J connectivity index is 1.86. The van der Waals surface area contributed by atoms with E-state index >= 15 is 0 Å². The highest BCUT2D eigenvalue weighted by atomic mass is 16.5. The molecule has 5 heteroatoms. The van der Waals surface area contributed by atoms with E-state index in [9.17, 15) is 0 Å². The minimum Gasteiger partial charge on any atom is -0.493 e. The number of methoxy groups -OCH3 is 2. The van der Waals surface area contributed by atoms with Gasteiger partial charge in [-0.2, -0.15) is 5.10 Å². The molecule has 1 aromatic carbocycles. The molecular formula is C15H21N3O2. The molecule has 2 atom stereocenters. The largest absolute Gasteiger partial charge is 0.493 e. The van der Waals surface area contributed by atoms with Gasteiger partial charge in [-0.1, -0.05) is 6.07 Å². The van der Waals surface area contributed by atoms with Crippen LogP contribution in [0.5, 0.6) is 11.5 Å². The van der Waals surface area contributed by atoms with Crippen LogP contribution in [0.1, 0.15) is 18.0 Å². The third kappa shape index (κ3) is 2.22. The molecule has 3 rings (SSSR count). The summed E-state index contributed by atoms with van der Waals surface area (Å²) in [6, 6.07) is 6.32. The van der Waals surface area contributed by atoms with Crippen molar-refractivity contribution in [2.24, 2.45) is 11.0 Å². The Kier molecular flexibility index (Phi) is 3.53. The smallest absolute Gasteiger partial charge is 0.161 e. The summed E-state index contributed by atoms with van der Waals surface area (Å²) in [5.41, 5.74) is 5.78. The molecule has 0 aliphatic carbocycles. The molecule has 2 unspecified atom stereocenters. The summed E-state index contributed by atoms with van der Waals surface area (Å²) >= 11 is 0. The number of fused-ring (bicyclic) bond motifs is 1. The molecule has 1 N–H and O–H groups in total. The van der Waals surface area contributed by atoms with Crippen LogP contribution in [0.3, 0.4) is 0 Å². The lowest BCUT2D eigenvalue weighted by atomic mass is 9.86. The number of piperidine rings is 1. The fraction of sp³-hybridized carbons (Fsp3) is 0.533. The van der Waals surface area contributed by atoms with Crippen LogP contribution in [-0.2, 0) is 0 Å². The fourth-order valence-electron chi connectivity index (χ4n) is 3.06. The third-order valence-electron chi connectivity index (χ3n) is 4.20. The monoisotopic (exact) mass is 275 g/mol. The lowest BCUT2D eigenvalue weighted by Crippen LogP contribution is -2.39. The molecule has 108 valence electrons. The molecule has 1 aromatic rings. The summed E-state index contributed by atoms with van der Waals surface area (Å²) in [6.45, 7) is 2.14. The molecule has 2 aliphatic heterocycles. The van der Waals surface area contributed by atoms with Crippen molar-refractivity contribution in [2.45, 2.75) is 12.5 Å². The zero-order valence-corrected chi connectivity index (χ0v) is 12.2. The van der Waals surface area contributed by atoms with E-state index in [0.717, 1.165) is 31.0 Å². The van der Waals surface area contributed by atoms with E-state index in [1.54, 1.807) is 14.2 Å². The normalized spacial score (nSPS) is 25.6. The van der Waals surface area contributed by atoms with Crippen molar-refractivity contribution in [2.75, 3.05) is 34.4 Å². The number of benzene rings is 1. The SMILES string of the molecule is COc1ccc(C2NN=C3CCN(C)CC32)cc1OC. The van der Waals surface area contributed by atoms with Gasteiger partial charge in [-0.25, -0.2) is 0 Å². The van der Waals surface area contributed by atoms with Gasteiger partial charge in [0.05, 0.1) is 20.3 Å². The van der Waals surface area contributed by atoms with E-state index < -0.39 is 0 Å². The van der Waals surface area contributed by atoms with Crippen molar-refractivity contribution in [3.8, 4) is 11.5 Å². The topological polar surface area (TPSA) is 46.1 Å². The first-order chi connectivity index (χ1) is 9.72. The van der Waals surface area contributed by atoms with Crippen LogP contribution in [0.15, 0.2) is 23.3 Å². The van der Waals surface area contributed by atoms with Gasteiger partial charge in [0.15, 0.2) is 11.5 Å². The summed E-state index contributed by atoms with van der Waals surface area (Å²) in [4.78, 5) is 2.37. The highest BCUT2D eigenvalue weighted by molar-refractivity contribution is 5.89. The Morgan fingerprint density at radius 3 is 2.80 bits per heavy atom. The van der Waals surface area contributed by atoms with Crippen LogP contribution in [0.4, 0.5) is 0 Å². The number of rotatable bonds is 3. The number of nitrogens with one attached hydrogen (secondary N) is 1. The van der Waals surface area contributed by atoms with E-state index in [2.05, 4.69) is 28.5 Å². The summed E-state index contributed by atoms with van der Waals surface area (Å²) < 4.78 is 10.7. The molecule has 0 amide bonds. The maximum Gasteiger partial charge on any atom is 0.161 e. The van der Waals surface area contributed by atoms with Gasteiger partial charge in [0.2, 0.25) is 0 Å². The molecule has 0 radical (unpaired) electrons. The quantitative estimate of drug-likeness (QED) is 0.911. The number of hydrazone groups is 1. The van der Waals surface area contributed by atoms with Crippen LogP contribution in [-0.4, -0.2) is 45.0 Å². The summed E-state index contributed by atoms with van der Waals surface area (Å²) in [5, 5.41) is 4.52. The number of ether oxygens (including phenoxy) is 2. The van der Waals surface area contributed by atoms with Crippen molar-refractivity contribution in [3.63, 3.8) is 0 Å². The second-order valence-corrected chi connectivity index (χ2v) is 5.44. The molecule has 0 saturated carbocycles. The predicted octanol–water partition coefficient (Wildman–Crippen LogP) is 1.66. The van der Waals surface area contributed by atoms with Crippen LogP contribution >= 0.6 is 0 Å². The number of likely N-dealkylation sites (tertiary alicyclic amines) is 1. The van der Waals surface area contributed by atoms with Crippen molar-refractivity contribution in [1.82, 2.24) is 10.3 Å². The summed E-state index contributed by atoms with van der Waals surface area (Å²) in [5.74, 6) is 1.98. The average Bonchev–Trinajstić information content (AvgIpc) is 2.89. The summed E-state index contributed by atoms with van der Waals surface area (Å²) in [7, 11) is 5.49. The molecule has 1 saturated heterocycles. The highest BCUT2D eigenvalue weighted by Gasteiger charge is 2.36. The zero-order chi connectivity index (χ0) is 14.1. The molecule has 1 fully saturated rings. The molecule has 0 bridgehead atoms. The van der Waals surface area contributed by atoms with E-state index in [0.29, 0.717) is 5.92 Å². The first-order valence-electron chi connectivity index (χ1n) is 6.95. The van der Waals surface area contributed by atoms with Crippen molar-refractivity contribution in [1.29, 1.82) is 0 Å². The van der Waals surface area contributed by atoms with E-state index in [4.69, 9.17) is 9.47 Å². The number of hydrogen-bond donors (Lipinski definition) is 1. The Hall–Kier alpha value is -1.75. The molecule has 20 heavy (non-hydrogen) atoms. The number of nitrogens with zero attached hydrogens (tertiary/aromatic N) is 2. The molecule has 2 aliphatic rings. The molecule has 5 nitrogen and oxygen atoms in total. The van der Waals surface area contributed by atoms with Gasteiger partial charge in [0.25, 0.3) is 0 Å². The van der Waals surface area contributed by atoms with Gasteiger partial charge in [-0.15, -0.1) is 0 Å². The Labute approximate surface area is 119 Å². The van der Waals surface area contributed by atoms with E-state index in [1.165, 1.54) is 11.3 Å². The minimum absolute atomic E-state index is 0.229. The van der Waals surface area contributed by atoms with Crippen LogP contribution in [0, 0.1) is 5.92 Å². The molecule has 2 heterocycles. The maximum atomic E-state index is 5.39. The fourth-order valence-corrected chi connectivity index (χ4v) is 3.06. The van der Waals surface area contributed by atoms with Gasteiger partial charge in [0, 0.05) is 31.1 Å². The maximum absolute atomic E-state index is 5.39. The third-order valence-corrected chi connectivity index (χ3v) is 4.20. The predicted molar refractivity (Wildman–Crippen MR) is 78.5 cm³/mol. The summed E-state index contributed by atoms with van der Waals surface area (Å²) in [6.07, 6.45) is 1.05. The second-order valence-electron chi connectivity index (χ2n) is 5.44. The van der Waals surface area contributed by atoms with E-state index in [1.807, 2.05) is 12.1 Å². The second kappa shape index (κ2) is 5.32. The Morgan fingerprint density at radius 1 is 1.25 bits per heavy atom.